The summed E-state index contributed by atoms with van der Waals surface area (Å²) in [6.07, 6.45) is -1.02. The summed E-state index contributed by atoms with van der Waals surface area (Å²) in [4.78, 5) is 48.9. The van der Waals surface area contributed by atoms with E-state index < -0.39 is 71.1 Å². The Morgan fingerprint density at radius 3 is 1.18 bits per heavy atom. The largest absolute Gasteiger partial charge is 0.481 e. The molecule has 2 saturated heterocycles. The molecule has 4 rings (SSSR count). The van der Waals surface area contributed by atoms with Crippen molar-refractivity contribution in [2.75, 3.05) is 39.4 Å². The van der Waals surface area contributed by atoms with Gasteiger partial charge in [0.05, 0.1) is 25.3 Å². The summed E-state index contributed by atoms with van der Waals surface area (Å²) in [5.41, 5.74) is 6.77. The Morgan fingerprint density at radius 2 is 0.952 bits per heavy atom. The molecule has 4 atom stereocenters. The lowest BCUT2D eigenvalue weighted by atomic mass is 9.74. The minimum Gasteiger partial charge on any atom is -0.481 e. The maximum absolute atomic E-state index is 14.0. The predicted octanol–water partition coefficient (Wildman–Crippen LogP) is 7.18. The van der Waals surface area contributed by atoms with Crippen molar-refractivity contribution >= 4 is 24.1 Å². The van der Waals surface area contributed by atoms with Crippen LogP contribution < -0.4 is 11.5 Å². The van der Waals surface area contributed by atoms with Gasteiger partial charge in [0.25, 0.3) is 11.8 Å². The number of likely N-dealkylation sites (tertiary alicyclic amines) is 2. The fraction of sp³-hybridized carbons (Fsp3) is 0.545. The zero-order valence-corrected chi connectivity index (χ0v) is 36.4. The number of rotatable bonds is 10. The SMILES string of the molecule is C=CC(F)(F)C1(C(=O)O)CCCN(C(=O)OC(C)(C)C)C1.C=CC(F)(F)C1(C(=O)O)CCCN(C(=O)OC(C)(C)C)C1.N[C@H](CO)c1ccccc1.N[C@H](CO)c1ccccc1. The number of carbonyl (C=O) groups excluding carboxylic acids is 2. The van der Waals surface area contributed by atoms with E-state index in [0.717, 1.165) is 20.9 Å². The number of aliphatic hydroxyl groups is 2. The number of aliphatic carboxylic acids is 2. The monoisotopic (exact) mass is 884 g/mol. The summed E-state index contributed by atoms with van der Waals surface area (Å²) in [5, 5.41) is 35.9. The van der Waals surface area contributed by atoms with Crippen LogP contribution in [0.3, 0.4) is 0 Å². The van der Waals surface area contributed by atoms with Crippen LogP contribution in [0.25, 0.3) is 0 Å². The number of halogens is 4. The number of hydrogen-bond donors (Lipinski definition) is 6. The van der Waals surface area contributed by atoms with Crippen molar-refractivity contribution in [2.45, 2.75) is 102 Å². The maximum Gasteiger partial charge on any atom is 0.410 e. The number of carboxylic acid groups (broad SMARTS) is 2. The molecule has 62 heavy (non-hydrogen) atoms. The normalized spacial score (nSPS) is 20.2. The number of allylic oxidation sites excluding steroid dienone is 2. The van der Waals surface area contributed by atoms with E-state index in [9.17, 15) is 47.0 Å². The van der Waals surface area contributed by atoms with Crippen LogP contribution >= 0.6 is 0 Å². The van der Waals surface area contributed by atoms with Crippen LogP contribution in [0.4, 0.5) is 27.2 Å². The van der Waals surface area contributed by atoms with Gasteiger partial charge in [-0.15, -0.1) is 0 Å². The summed E-state index contributed by atoms with van der Waals surface area (Å²) in [5.74, 6) is -10.5. The number of hydrogen-bond acceptors (Lipinski definition) is 10. The Balaban J connectivity index is 0.000000437. The van der Waals surface area contributed by atoms with Crippen LogP contribution in [0.2, 0.25) is 0 Å². The van der Waals surface area contributed by atoms with E-state index in [2.05, 4.69) is 13.2 Å². The molecule has 348 valence electrons. The summed E-state index contributed by atoms with van der Waals surface area (Å²) >= 11 is 0. The molecule has 0 aliphatic carbocycles. The van der Waals surface area contributed by atoms with Crippen molar-refractivity contribution in [2.24, 2.45) is 22.3 Å². The lowest BCUT2D eigenvalue weighted by Gasteiger charge is -2.43. The lowest BCUT2D eigenvalue weighted by Crippen LogP contribution is -2.58. The van der Waals surface area contributed by atoms with Gasteiger partial charge in [0.15, 0.2) is 10.8 Å². The number of nitrogens with zero attached hydrogens (tertiary/aromatic N) is 2. The fourth-order valence-corrected chi connectivity index (χ4v) is 6.26. The number of carbonyl (C=O) groups is 4. The topological polar surface area (TPSA) is 226 Å². The van der Waals surface area contributed by atoms with Crippen LogP contribution in [0.5, 0.6) is 0 Å². The molecule has 0 aromatic heterocycles. The molecule has 2 unspecified atom stereocenters. The zero-order valence-electron chi connectivity index (χ0n) is 36.4. The molecule has 2 aliphatic rings. The molecule has 2 amide bonds. The highest BCUT2D eigenvalue weighted by Crippen LogP contribution is 2.46. The third-order valence-electron chi connectivity index (χ3n) is 9.74. The van der Waals surface area contributed by atoms with Gasteiger partial charge in [-0.3, -0.25) is 9.59 Å². The summed E-state index contributed by atoms with van der Waals surface area (Å²) in [7, 11) is 0. The number of benzene rings is 2. The van der Waals surface area contributed by atoms with Crippen molar-refractivity contribution in [3.63, 3.8) is 0 Å². The van der Waals surface area contributed by atoms with E-state index in [1.165, 1.54) is 0 Å². The van der Waals surface area contributed by atoms with Crippen molar-refractivity contribution in [3.05, 3.63) is 97.1 Å². The summed E-state index contributed by atoms with van der Waals surface area (Å²) in [6.45, 7) is 15.1. The number of nitrogens with two attached hydrogens (primary N) is 2. The third-order valence-corrected chi connectivity index (χ3v) is 9.74. The van der Waals surface area contributed by atoms with Gasteiger partial charge >= 0.3 is 24.1 Å². The first kappa shape index (κ1) is 55.0. The second-order valence-corrected chi connectivity index (χ2v) is 16.8. The molecular weight excluding hydrogens is 820 g/mol. The third kappa shape index (κ3) is 15.7. The summed E-state index contributed by atoms with van der Waals surface area (Å²) < 4.78 is 66.4. The highest BCUT2D eigenvalue weighted by atomic mass is 19.3. The second kappa shape index (κ2) is 23.4. The van der Waals surface area contributed by atoms with Gasteiger partial charge in [-0.25, -0.2) is 27.2 Å². The molecule has 18 heteroatoms. The van der Waals surface area contributed by atoms with Crippen molar-refractivity contribution in [1.82, 2.24) is 9.80 Å². The highest BCUT2D eigenvalue weighted by molar-refractivity contribution is 5.79. The van der Waals surface area contributed by atoms with Crippen LogP contribution in [-0.4, -0.2) is 117 Å². The Kier molecular flexibility index (Phi) is 20.8. The Morgan fingerprint density at radius 1 is 0.661 bits per heavy atom. The van der Waals surface area contributed by atoms with Gasteiger partial charge in [0.2, 0.25) is 0 Å². The van der Waals surface area contributed by atoms with E-state index in [4.69, 9.17) is 31.2 Å². The van der Waals surface area contributed by atoms with E-state index in [-0.39, 0.29) is 64.1 Å². The van der Waals surface area contributed by atoms with Crippen molar-refractivity contribution in [1.29, 1.82) is 0 Å². The number of piperidine rings is 2. The van der Waals surface area contributed by atoms with E-state index in [0.29, 0.717) is 12.2 Å². The van der Waals surface area contributed by atoms with Crippen LogP contribution in [-0.2, 0) is 19.1 Å². The maximum atomic E-state index is 14.0. The summed E-state index contributed by atoms with van der Waals surface area (Å²) in [6, 6.07) is 18.6. The standard InChI is InChI=1S/2C14H21F2NO4.2C8H11NO/c2*1-5-14(15,16)13(10(18)19)7-6-8-17(9-13)11(20)21-12(2,3)4;2*9-8(6-10)7-4-2-1-3-5-7/h2*5H,1,6-9H2,2-4H3,(H,18,19);2*1-5,8,10H,6,9H2/t;;2*8-/m..11/s1. The molecule has 2 aromatic rings. The number of ether oxygens (including phenoxy) is 2. The van der Waals surface area contributed by atoms with Gasteiger partial charge in [0.1, 0.15) is 11.2 Å². The Labute approximate surface area is 361 Å². The average molecular weight is 885 g/mol. The molecular formula is C44H64F4N4O10. The molecule has 2 fully saturated rings. The molecule has 0 radical (unpaired) electrons. The average Bonchev–Trinajstić information content (AvgIpc) is 3.22. The van der Waals surface area contributed by atoms with Gasteiger partial charge in [-0.05, 0) is 90.5 Å². The van der Waals surface area contributed by atoms with Crippen molar-refractivity contribution < 1.29 is 66.6 Å². The van der Waals surface area contributed by atoms with Crippen LogP contribution in [0.15, 0.2) is 86.0 Å². The molecule has 2 aliphatic heterocycles. The number of carboxylic acids is 2. The first-order valence-electron chi connectivity index (χ1n) is 19.9. The van der Waals surface area contributed by atoms with Crippen molar-refractivity contribution in [3.8, 4) is 0 Å². The van der Waals surface area contributed by atoms with Gasteiger partial charge in [-0.1, -0.05) is 73.8 Å². The minimum absolute atomic E-state index is 0.00398. The van der Waals surface area contributed by atoms with E-state index in [1.54, 1.807) is 41.5 Å². The van der Waals surface area contributed by atoms with Crippen LogP contribution in [0.1, 0.15) is 90.4 Å². The Hall–Kier alpha value is -5.04. The molecule has 0 spiro atoms. The van der Waals surface area contributed by atoms with E-state index in [1.807, 2.05) is 60.7 Å². The first-order valence-corrected chi connectivity index (χ1v) is 19.9. The first-order chi connectivity index (χ1) is 28.6. The van der Waals surface area contributed by atoms with Gasteiger partial charge in [0, 0.05) is 26.2 Å². The number of amides is 2. The zero-order chi connectivity index (χ0) is 47.7. The molecule has 2 heterocycles. The Bertz CT molecular complexity index is 1630. The van der Waals surface area contributed by atoms with Gasteiger partial charge in [-0.2, -0.15) is 0 Å². The van der Waals surface area contributed by atoms with E-state index >= 15 is 0 Å². The predicted molar refractivity (Wildman–Crippen MR) is 225 cm³/mol. The molecule has 0 saturated carbocycles. The lowest BCUT2D eigenvalue weighted by molar-refractivity contribution is -0.179. The van der Waals surface area contributed by atoms with Crippen LogP contribution in [0, 0.1) is 10.8 Å². The number of alkyl halides is 4. The molecule has 8 N–H and O–H groups in total. The minimum atomic E-state index is -3.61. The molecule has 0 bridgehead atoms. The fourth-order valence-electron chi connectivity index (χ4n) is 6.26. The quantitative estimate of drug-likeness (QED) is 0.103. The smallest absolute Gasteiger partial charge is 0.410 e. The molecule has 14 nitrogen and oxygen atoms in total. The second-order valence-electron chi connectivity index (χ2n) is 16.8. The number of aliphatic hydroxyl groups excluding tert-OH is 2. The molecule has 2 aromatic carbocycles. The highest BCUT2D eigenvalue weighted by Gasteiger charge is 2.61. The van der Waals surface area contributed by atoms with Gasteiger partial charge < -0.3 is 51.2 Å².